The Kier molecular flexibility index (Phi) is 3.14. The third kappa shape index (κ3) is 3.45. The van der Waals surface area contributed by atoms with Gasteiger partial charge in [0.05, 0.1) is 30.7 Å². The number of piperazine rings is 1. The summed E-state index contributed by atoms with van der Waals surface area (Å²) < 4.78 is 80.3. The molecule has 31 heavy (non-hydrogen) atoms. The first-order valence-corrected chi connectivity index (χ1v) is 9.84. The Labute approximate surface area is 192 Å². The summed E-state index contributed by atoms with van der Waals surface area (Å²) >= 11 is 0. The zero-order valence-corrected chi connectivity index (χ0v) is 17.0. The summed E-state index contributed by atoms with van der Waals surface area (Å²) in [5, 5.41) is 0.268. The van der Waals surface area contributed by atoms with Crippen molar-refractivity contribution >= 4 is 28.6 Å². The first-order chi connectivity index (χ1) is 18.1. The van der Waals surface area contributed by atoms with Crippen LogP contribution in [0.2, 0.25) is 0 Å². The molecule has 2 bridgehead atoms. The van der Waals surface area contributed by atoms with Crippen molar-refractivity contribution in [1.29, 1.82) is 0 Å². The van der Waals surface area contributed by atoms with Gasteiger partial charge < -0.3 is 25.0 Å². The lowest BCUT2D eigenvalue weighted by molar-refractivity contribution is -0.128. The van der Waals surface area contributed by atoms with Crippen LogP contribution in [-0.2, 0) is 4.79 Å². The van der Waals surface area contributed by atoms with E-state index < -0.39 is 37.8 Å². The van der Waals surface area contributed by atoms with Crippen LogP contribution in [0.5, 0.6) is 11.5 Å². The first-order valence-electron chi connectivity index (χ1n) is 13.8. The van der Waals surface area contributed by atoms with Crippen molar-refractivity contribution in [2.75, 3.05) is 50.8 Å². The van der Waals surface area contributed by atoms with E-state index in [9.17, 15) is 4.79 Å². The number of nitrogens with zero attached hydrogens (tertiary/aromatic N) is 4. The highest BCUT2D eigenvalue weighted by atomic mass is 16.5. The molecule has 8 heteroatoms. The number of rotatable bonds is 4. The smallest absolute Gasteiger partial charge is 0.250 e. The van der Waals surface area contributed by atoms with E-state index in [-0.39, 0.29) is 49.7 Å². The molecule has 2 atom stereocenters. The molecule has 2 unspecified atom stereocenters. The van der Waals surface area contributed by atoms with Gasteiger partial charge in [-0.05, 0) is 24.8 Å². The Morgan fingerprint density at radius 1 is 1.10 bits per heavy atom. The molecule has 1 aromatic carbocycles. The quantitative estimate of drug-likeness (QED) is 0.746. The Bertz CT molecular complexity index is 1400. The minimum absolute atomic E-state index is 0.0508. The standard InChI is InChI=1S/C23H27N5O3/c1-30-19-12-17-18(13-20(19)31-2)25-23(26-21(17)24)28-9-7-27(8-10-28)22(29)16-11-14-3-5-15(16)6-4-14/h3,5,11-15H,4,6-10H2,1-2H3,(H2,24,25,26)/i7D2,8D2,9D2,10D2. The number of aromatic nitrogens is 2. The number of hydrogen-bond acceptors (Lipinski definition) is 7. The van der Waals surface area contributed by atoms with Crippen molar-refractivity contribution in [3.8, 4) is 11.5 Å². The van der Waals surface area contributed by atoms with Gasteiger partial charge >= 0.3 is 0 Å². The van der Waals surface area contributed by atoms with E-state index in [1.54, 1.807) is 12.2 Å². The summed E-state index contributed by atoms with van der Waals surface area (Å²) in [4.78, 5) is 22.1. The van der Waals surface area contributed by atoms with Crippen LogP contribution in [0.1, 0.15) is 23.8 Å². The van der Waals surface area contributed by atoms with E-state index >= 15 is 0 Å². The second-order valence-corrected chi connectivity index (χ2v) is 7.41. The molecule has 1 fully saturated rings. The molecule has 3 aliphatic carbocycles. The van der Waals surface area contributed by atoms with E-state index in [0.717, 1.165) is 6.42 Å². The number of anilines is 2. The molecule has 6 rings (SSSR count). The van der Waals surface area contributed by atoms with Gasteiger partial charge in [-0.15, -0.1) is 0 Å². The molecule has 0 radical (unpaired) electrons. The zero-order valence-electron chi connectivity index (χ0n) is 25.0. The molecule has 1 aliphatic heterocycles. The first kappa shape index (κ1) is 12.5. The fourth-order valence-corrected chi connectivity index (χ4v) is 3.98. The largest absolute Gasteiger partial charge is 0.493 e. The van der Waals surface area contributed by atoms with Gasteiger partial charge in [0.15, 0.2) is 11.5 Å². The van der Waals surface area contributed by atoms with Crippen LogP contribution in [0.25, 0.3) is 10.9 Å². The fourth-order valence-electron chi connectivity index (χ4n) is 3.98. The Morgan fingerprint density at radius 2 is 1.84 bits per heavy atom. The average Bonchev–Trinajstić information content (AvgIpc) is 2.87. The molecule has 1 amide bonds. The Morgan fingerprint density at radius 3 is 2.45 bits per heavy atom. The van der Waals surface area contributed by atoms with Gasteiger partial charge in [-0.1, -0.05) is 18.2 Å². The third-order valence-electron chi connectivity index (χ3n) is 5.61. The molecule has 2 N–H and O–H groups in total. The number of carbonyl (C=O) groups excluding carboxylic acids is 1. The van der Waals surface area contributed by atoms with Crippen LogP contribution in [0.15, 0.2) is 35.9 Å². The number of amides is 1. The lowest BCUT2D eigenvalue weighted by atomic mass is 9.76. The van der Waals surface area contributed by atoms with E-state index in [1.807, 2.05) is 6.08 Å². The highest BCUT2D eigenvalue weighted by Crippen LogP contribution is 2.37. The maximum atomic E-state index is 13.7. The summed E-state index contributed by atoms with van der Waals surface area (Å²) in [5.41, 5.74) is 6.33. The molecule has 2 aromatic rings. The third-order valence-corrected chi connectivity index (χ3v) is 5.61. The second-order valence-electron chi connectivity index (χ2n) is 7.41. The number of methoxy groups -OCH3 is 2. The van der Waals surface area contributed by atoms with Crippen LogP contribution in [0.3, 0.4) is 0 Å². The molecule has 0 saturated carbocycles. The van der Waals surface area contributed by atoms with Gasteiger partial charge in [0.2, 0.25) is 11.9 Å². The molecule has 4 aliphatic rings. The normalized spacial score (nSPS) is 32.9. The lowest BCUT2D eigenvalue weighted by Gasteiger charge is -2.38. The van der Waals surface area contributed by atoms with Gasteiger partial charge in [-0.3, -0.25) is 4.79 Å². The van der Waals surface area contributed by atoms with Crippen LogP contribution in [0, 0.1) is 11.8 Å². The molecule has 2 heterocycles. The van der Waals surface area contributed by atoms with Crippen LogP contribution in [-0.4, -0.2) is 61.0 Å². The van der Waals surface area contributed by atoms with Gasteiger partial charge in [0.25, 0.3) is 0 Å². The molecule has 0 spiro atoms. The maximum Gasteiger partial charge on any atom is 0.250 e. The number of allylic oxidation sites excluding steroid dienone is 3. The summed E-state index contributed by atoms with van der Waals surface area (Å²) in [6.45, 7) is -13.4. The van der Waals surface area contributed by atoms with Gasteiger partial charge in [0, 0.05) is 48.9 Å². The average molecular weight is 430 g/mol. The Balaban J connectivity index is 1.66. The van der Waals surface area contributed by atoms with Crippen LogP contribution >= 0.6 is 0 Å². The molecule has 1 aromatic heterocycles. The highest BCUT2D eigenvalue weighted by Gasteiger charge is 2.32. The minimum Gasteiger partial charge on any atom is -0.493 e. The monoisotopic (exact) mass is 429 g/mol. The van der Waals surface area contributed by atoms with Gasteiger partial charge in [-0.2, -0.15) is 4.98 Å². The topological polar surface area (TPSA) is 93.8 Å². The maximum absolute atomic E-state index is 13.7. The van der Waals surface area contributed by atoms with Crippen molar-refractivity contribution in [3.63, 3.8) is 0 Å². The van der Waals surface area contributed by atoms with Crippen LogP contribution in [0.4, 0.5) is 11.8 Å². The Hall–Kier alpha value is -3.29. The summed E-state index contributed by atoms with van der Waals surface area (Å²) in [5.74, 6) is -1.95. The minimum atomic E-state index is -3.37. The zero-order chi connectivity index (χ0) is 28.7. The second kappa shape index (κ2) is 7.76. The SMILES string of the molecule is [2H]C1([2H])N(C(=O)C2=CC3C=CC2CC3)C([2H])([2H])C([2H])([2H])N(c2nc(N)c3cc(OC)c(OC)cc3n2)C1([2H])[2H]. The summed E-state index contributed by atoms with van der Waals surface area (Å²) in [7, 11) is 2.79. The van der Waals surface area contributed by atoms with Crippen molar-refractivity contribution in [2.45, 2.75) is 12.8 Å². The predicted molar refractivity (Wildman–Crippen MR) is 119 cm³/mol. The van der Waals surface area contributed by atoms with E-state index in [4.69, 9.17) is 26.2 Å². The van der Waals surface area contributed by atoms with E-state index in [0.29, 0.717) is 12.2 Å². The highest BCUT2D eigenvalue weighted by molar-refractivity contribution is 5.95. The fraction of sp³-hybridized carbons (Fsp3) is 0.435. The van der Waals surface area contributed by atoms with Gasteiger partial charge in [0.1, 0.15) is 5.82 Å². The molecular weight excluding hydrogens is 394 g/mol. The number of nitrogens with two attached hydrogens (primary N) is 1. The van der Waals surface area contributed by atoms with E-state index in [1.165, 1.54) is 26.4 Å². The molecule has 8 nitrogen and oxygen atoms in total. The van der Waals surface area contributed by atoms with Crippen molar-refractivity contribution in [3.05, 3.63) is 35.9 Å². The predicted octanol–water partition coefficient (Wildman–Crippen LogP) is 2.40. The molecule has 162 valence electrons. The number of nitrogen functional groups attached to an aromatic ring is 1. The number of hydrogen-bond donors (Lipinski definition) is 1. The van der Waals surface area contributed by atoms with Crippen LogP contribution < -0.4 is 20.1 Å². The summed E-state index contributed by atoms with van der Waals surface area (Å²) in [6.07, 6.45) is 6.71. The van der Waals surface area contributed by atoms with Crippen molar-refractivity contribution in [2.24, 2.45) is 11.8 Å². The van der Waals surface area contributed by atoms with E-state index in [2.05, 4.69) is 9.97 Å². The number of benzene rings is 1. The molecular formula is C23H27N5O3. The number of ether oxygens (including phenoxy) is 2. The number of fused-ring (bicyclic) bond motifs is 2. The van der Waals surface area contributed by atoms with Crippen molar-refractivity contribution < 1.29 is 25.2 Å². The van der Waals surface area contributed by atoms with Crippen molar-refractivity contribution in [1.82, 2.24) is 14.9 Å². The number of carbonyl (C=O) groups is 1. The summed E-state index contributed by atoms with van der Waals surface area (Å²) in [6, 6.07) is 2.88. The molecule has 1 saturated heterocycles. The van der Waals surface area contributed by atoms with Gasteiger partial charge in [-0.25, -0.2) is 4.98 Å². The lowest BCUT2D eigenvalue weighted by Crippen LogP contribution is -2.50.